The predicted molar refractivity (Wildman–Crippen MR) is 79.9 cm³/mol. The Morgan fingerprint density at radius 3 is 1.74 bits per heavy atom. The van der Waals surface area contributed by atoms with Crippen LogP contribution >= 0.6 is 0 Å². The molecule has 1 aromatic rings. The third-order valence-corrected chi connectivity index (χ3v) is 4.15. The summed E-state index contributed by atoms with van der Waals surface area (Å²) in [5.41, 5.74) is -0.594. The molecule has 1 saturated carbocycles. The molecule has 1 fully saturated rings. The van der Waals surface area contributed by atoms with Gasteiger partial charge in [-0.2, -0.15) is 0 Å². The number of hydrogen-bond donors (Lipinski definition) is 0. The SMILES string of the molecule is COC(=O)C1(C(=O)OC)CC1c1cc(OC)c(OC)c(OC)c1. The van der Waals surface area contributed by atoms with Crippen LogP contribution in [0.15, 0.2) is 12.1 Å². The normalized spacial score (nSPS) is 17.9. The van der Waals surface area contributed by atoms with Crippen LogP contribution in [0.1, 0.15) is 17.9 Å². The van der Waals surface area contributed by atoms with E-state index < -0.39 is 17.4 Å². The van der Waals surface area contributed by atoms with E-state index in [2.05, 4.69) is 0 Å². The molecule has 0 spiro atoms. The number of hydrogen-bond acceptors (Lipinski definition) is 7. The van der Waals surface area contributed by atoms with Gasteiger partial charge >= 0.3 is 11.9 Å². The van der Waals surface area contributed by atoms with Crippen LogP contribution in [0.25, 0.3) is 0 Å². The van der Waals surface area contributed by atoms with Gasteiger partial charge in [-0.15, -0.1) is 0 Å². The summed E-state index contributed by atoms with van der Waals surface area (Å²) in [4.78, 5) is 24.2. The third-order valence-electron chi connectivity index (χ3n) is 4.15. The minimum absolute atomic E-state index is 0.311. The summed E-state index contributed by atoms with van der Waals surface area (Å²) < 4.78 is 25.4. The number of rotatable bonds is 6. The maximum Gasteiger partial charge on any atom is 0.323 e. The van der Waals surface area contributed by atoms with Crippen molar-refractivity contribution in [1.29, 1.82) is 0 Å². The Morgan fingerprint density at radius 2 is 1.39 bits per heavy atom. The Balaban J connectivity index is 2.47. The quantitative estimate of drug-likeness (QED) is 0.580. The lowest BCUT2D eigenvalue weighted by Gasteiger charge is -2.16. The molecular weight excluding hydrogens is 304 g/mol. The fourth-order valence-corrected chi connectivity index (χ4v) is 2.87. The standard InChI is InChI=1S/C16H20O7/c1-19-11-6-9(7-12(20-2)13(11)21-3)10-8-16(10,14(17)22-4)15(18)23-5/h6-7,10H,8H2,1-5H3. The molecule has 0 heterocycles. The zero-order valence-corrected chi connectivity index (χ0v) is 13.8. The van der Waals surface area contributed by atoms with Crippen molar-refractivity contribution in [3.8, 4) is 17.2 Å². The molecule has 0 bridgehead atoms. The van der Waals surface area contributed by atoms with Crippen LogP contribution in [-0.4, -0.2) is 47.5 Å². The van der Waals surface area contributed by atoms with Crippen molar-refractivity contribution in [2.45, 2.75) is 12.3 Å². The molecule has 0 radical (unpaired) electrons. The molecule has 0 aliphatic heterocycles. The zero-order chi connectivity index (χ0) is 17.2. The first-order chi connectivity index (χ1) is 11.0. The maximum absolute atomic E-state index is 12.1. The van der Waals surface area contributed by atoms with Gasteiger partial charge in [0.25, 0.3) is 0 Å². The highest BCUT2D eigenvalue weighted by Crippen LogP contribution is 2.62. The number of carbonyl (C=O) groups is 2. The smallest absolute Gasteiger partial charge is 0.323 e. The van der Waals surface area contributed by atoms with E-state index in [-0.39, 0.29) is 5.92 Å². The number of benzene rings is 1. The minimum atomic E-state index is -1.31. The Labute approximate surface area is 134 Å². The third kappa shape index (κ3) is 2.56. The van der Waals surface area contributed by atoms with Gasteiger partial charge in [0, 0.05) is 5.92 Å². The van der Waals surface area contributed by atoms with Gasteiger partial charge in [0.2, 0.25) is 5.75 Å². The van der Waals surface area contributed by atoms with Gasteiger partial charge in [-0.1, -0.05) is 0 Å². The second kappa shape index (κ2) is 6.36. The first-order valence-electron chi connectivity index (χ1n) is 6.96. The minimum Gasteiger partial charge on any atom is -0.493 e. The number of esters is 2. The van der Waals surface area contributed by atoms with E-state index in [0.29, 0.717) is 23.7 Å². The van der Waals surface area contributed by atoms with E-state index in [9.17, 15) is 9.59 Å². The van der Waals surface area contributed by atoms with Gasteiger partial charge in [-0.05, 0) is 24.1 Å². The average molecular weight is 324 g/mol. The van der Waals surface area contributed by atoms with Gasteiger partial charge in [0.1, 0.15) is 0 Å². The number of ether oxygens (including phenoxy) is 5. The molecule has 1 unspecified atom stereocenters. The highest BCUT2D eigenvalue weighted by Gasteiger charge is 2.68. The lowest BCUT2D eigenvalue weighted by Crippen LogP contribution is -2.30. The maximum atomic E-state index is 12.1. The molecular formula is C16H20O7. The van der Waals surface area contributed by atoms with Crippen molar-refractivity contribution in [2.75, 3.05) is 35.5 Å². The van der Waals surface area contributed by atoms with Gasteiger partial charge in [-0.3, -0.25) is 9.59 Å². The molecule has 2 rings (SSSR count). The summed E-state index contributed by atoms with van der Waals surface area (Å²) in [5.74, 6) is -0.224. The van der Waals surface area contributed by atoms with Crippen molar-refractivity contribution >= 4 is 11.9 Å². The summed E-state index contributed by atoms with van der Waals surface area (Å²) in [7, 11) is 7.00. The van der Waals surface area contributed by atoms with Crippen LogP contribution in [0.5, 0.6) is 17.2 Å². The van der Waals surface area contributed by atoms with Crippen molar-refractivity contribution in [3.05, 3.63) is 17.7 Å². The molecule has 7 nitrogen and oxygen atoms in total. The first kappa shape index (κ1) is 16.9. The molecule has 0 aromatic heterocycles. The molecule has 1 atom stereocenters. The van der Waals surface area contributed by atoms with Gasteiger partial charge < -0.3 is 23.7 Å². The van der Waals surface area contributed by atoms with E-state index in [4.69, 9.17) is 23.7 Å². The summed E-state index contributed by atoms with van der Waals surface area (Å²) in [6.45, 7) is 0. The highest BCUT2D eigenvalue weighted by molar-refractivity contribution is 6.05. The average Bonchev–Trinajstić information content (AvgIpc) is 3.35. The number of carbonyl (C=O) groups excluding carboxylic acids is 2. The summed E-state index contributed by atoms with van der Waals surface area (Å²) in [6, 6.07) is 3.44. The second-order valence-electron chi connectivity index (χ2n) is 5.17. The highest BCUT2D eigenvalue weighted by atomic mass is 16.5. The van der Waals surface area contributed by atoms with Crippen LogP contribution in [0.2, 0.25) is 0 Å². The van der Waals surface area contributed by atoms with Crippen LogP contribution in [0, 0.1) is 5.41 Å². The van der Waals surface area contributed by atoms with E-state index >= 15 is 0 Å². The van der Waals surface area contributed by atoms with Crippen molar-refractivity contribution < 1.29 is 33.3 Å². The molecule has 23 heavy (non-hydrogen) atoms. The van der Waals surface area contributed by atoms with Crippen molar-refractivity contribution in [2.24, 2.45) is 5.41 Å². The molecule has 126 valence electrons. The van der Waals surface area contributed by atoms with E-state index in [1.807, 2.05) is 0 Å². The summed E-state index contributed by atoms with van der Waals surface area (Å²) >= 11 is 0. The van der Waals surface area contributed by atoms with Crippen molar-refractivity contribution in [3.63, 3.8) is 0 Å². The van der Waals surface area contributed by atoms with Crippen LogP contribution in [-0.2, 0) is 19.1 Å². The van der Waals surface area contributed by atoms with Gasteiger partial charge in [-0.25, -0.2) is 0 Å². The van der Waals surface area contributed by atoms with Gasteiger partial charge in [0.15, 0.2) is 16.9 Å². The topological polar surface area (TPSA) is 80.3 Å². The van der Waals surface area contributed by atoms with Crippen LogP contribution < -0.4 is 14.2 Å². The predicted octanol–water partition coefficient (Wildman–Crippen LogP) is 1.53. The Bertz CT molecular complexity index is 582. The lowest BCUT2D eigenvalue weighted by atomic mass is 9.98. The zero-order valence-electron chi connectivity index (χ0n) is 13.8. The summed E-state index contributed by atoms with van der Waals surface area (Å²) in [6.07, 6.45) is 0.311. The summed E-state index contributed by atoms with van der Waals surface area (Å²) in [5, 5.41) is 0. The Kier molecular flexibility index (Phi) is 4.68. The Hall–Kier alpha value is -2.44. The van der Waals surface area contributed by atoms with E-state index in [1.54, 1.807) is 12.1 Å². The fourth-order valence-electron chi connectivity index (χ4n) is 2.87. The molecule has 0 saturated heterocycles. The molecule has 1 aliphatic carbocycles. The molecule has 1 aliphatic rings. The van der Waals surface area contributed by atoms with E-state index in [0.717, 1.165) is 5.56 Å². The Morgan fingerprint density at radius 1 is 0.913 bits per heavy atom. The van der Waals surface area contributed by atoms with E-state index in [1.165, 1.54) is 35.5 Å². The first-order valence-corrected chi connectivity index (χ1v) is 6.96. The molecule has 0 N–H and O–H groups in total. The largest absolute Gasteiger partial charge is 0.493 e. The second-order valence-corrected chi connectivity index (χ2v) is 5.17. The molecule has 1 aromatic carbocycles. The van der Waals surface area contributed by atoms with Crippen LogP contribution in [0.4, 0.5) is 0 Å². The van der Waals surface area contributed by atoms with Crippen LogP contribution in [0.3, 0.4) is 0 Å². The lowest BCUT2D eigenvalue weighted by molar-refractivity contribution is -0.161. The number of methoxy groups -OCH3 is 5. The molecule has 7 heteroatoms. The van der Waals surface area contributed by atoms with Crippen molar-refractivity contribution in [1.82, 2.24) is 0 Å². The molecule has 0 amide bonds. The monoisotopic (exact) mass is 324 g/mol. The van der Waals surface area contributed by atoms with Gasteiger partial charge in [0.05, 0.1) is 35.5 Å². The fraction of sp³-hybridized carbons (Fsp3) is 0.500.